The molecule has 0 fully saturated rings. The molecular formula is C39H42NO4S2-. The number of anilines is 1. The lowest BCUT2D eigenvalue weighted by Crippen LogP contribution is -2.21. The van der Waals surface area contributed by atoms with Crippen LogP contribution in [0.2, 0.25) is 0 Å². The van der Waals surface area contributed by atoms with Gasteiger partial charge in [-0.2, -0.15) is 0 Å². The van der Waals surface area contributed by atoms with Gasteiger partial charge in [-0.3, -0.25) is 4.79 Å². The Hall–Kier alpha value is -3.55. The van der Waals surface area contributed by atoms with E-state index in [-0.39, 0.29) is 12.8 Å². The average Bonchev–Trinajstić information content (AvgIpc) is 3.57. The van der Waals surface area contributed by atoms with Crippen molar-refractivity contribution >= 4 is 56.9 Å². The first kappa shape index (κ1) is 32.4. The molecule has 0 saturated carbocycles. The third-order valence-corrected chi connectivity index (χ3v) is 11.6. The minimum Gasteiger partial charge on any atom is -0.550 e. The highest BCUT2D eigenvalue weighted by molar-refractivity contribution is 8.03. The van der Waals surface area contributed by atoms with Crippen LogP contribution in [-0.4, -0.2) is 23.6 Å². The van der Waals surface area contributed by atoms with Crippen LogP contribution < -0.4 is 10.0 Å². The van der Waals surface area contributed by atoms with Crippen molar-refractivity contribution in [3.05, 3.63) is 98.9 Å². The maximum Gasteiger partial charge on any atom is 0.303 e. The number of rotatable bonds is 14. The number of benzene rings is 2. The van der Waals surface area contributed by atoms with Gasteiger partial charge in [0.2, 0.25) is 0 Å². The summed E-state index contributed by atoms with van der Waals surface area (Å²) in [6, 6.07) is 17.2. The molecule has 1 unspecified atom stereocenters. The second-order valence-electron chi connectivity index (χ2n) is 12.6. The van der Waals surface area contributed by atoms with Gasteiger partial charge in [0.25, 0.3) is 0 Å². The van der Waals surface area contributed by atoms with Crippen molar-refractivity contribution in [2.75, 3.05) is 11.4 Å². The molecule has 6 rings (SSSR count). The Morgan fingerprint density at radius 1 is 0.891 bits per heavy atom. The van der Waals surface area contributed by atoms with Crippen LogP contribution in [0.25, 0.3) is 16.2 Å². The Morgan fingerprint density at radius 2 is 1.67 bits per heavy atom. The first-order chi connectivity index (χ1) is 22.4. The molecule has 0 bridgehead atoms. The second-order valence-corrected chi connectivity index (χ2v) is 14.8. The standard InChI is InChI=1S/C39H43NO4S2/c41-38(42)16-4-1-3-11-32-31-12-6-8-14-34(31)45-36(32)25-27-18-20-29-21-19-28(24-30(29)23-27)26-37-40(22-10-2-5-17-39(43)44)33-13-7-9-15-35(33)46-37/h6-9,12-15,23-26,29H,1-5,10-11,16-22H2,(H,41,42)(H,43,44)/p-1. The molecule has 0 amide bonds. The van der Waals surface area contributed by atoms with Crippen LogP contribution in [0.5, 0.6) is 0 Å². The fourth-order valence-electron chi connectivity index (χ4n) is 6.92. The van der Waals surface area contributed by atoms with Crippen LogP contribution in [-0.2, 0) is 16.0 Å². The summed E-state index contributed by atoms with van der Waals surface area (Å²) in [6.07, 6.45) is 20.7. The third kappa shape index (κ3) is 8.05. The number of aliphatic carboxylic acids is 2. The van der Waals surface area contributed by atoms with Crippen molar-refractivity contribution in [1.82, 2.24) is 0 Å². The molecule has 1 aliphatic heterocycles. The van der Waals surface area contributed by atoms with Crippen LogP contribution in [0.15, 0.2) is 93.4 Å². The molecule has 0 saturated heterocycles. The van der Waals surface area contributed by atoms with Crippen molar-refractivity contribution in [1.29, 1.82) is 0 Å². The molecule has 1 N–H and O–H groups in total. The van der Waals surface area contributed by atoms with Crippen LogP contribution in [0, 0.1) is 5.92 Å². The Kier molecular flexibility index (Phi) is 10.8. The molecule has 3 aromatic rings. The number of thiophene rings is 1. The van der Waals surface area contributed by atoms with Crippen LogP contribution in [0.3, 0.4) is 0 Å². The van der Waals surface area contributed by atoms with Crippen molar-refractivity contribution in [2.45, 2.75) is 88.4 Å². The number of carboxylic acid groups (broad SMARTS) is 2. The van der Waals surface area contributed by atoms with Crippen LogP contribution >= 0.6 is 23.1 Å². The smallest absolute Gasteiger partial charge is 0.303 e. The van der Waals surface area contributed by atoms with Gasteiger partial charge >= 0.3 is 5.97 Å². The Labute approximate surface area is 280 Å². The number of allylic oxidation sites excluding steroid dienone is 6. The molecule has 1 atom stereocenters. The molecule has 5 nitrogen and oxygen atoms in total. The molecule has 0 spiro atoms. The van der Waals surface area contributed by atoms with Gasteiger partial charge in [0.05, 0.1) is 10.7 Å². The maximum absolute atomic E-state index is 10.9. The maximum atomic E-state index is 10.9. The Balaban J connectivity index is 1.21. The zero-order chi connectivity index (χ0) is 31.9. The predicted octanol–water partition coefficient (Wildman–Crippen LogP) is 9.29. The van der Waals surface area contributed by atoms with Crippen molar-refractivity contribution < 1.29 is 19.8 Å². The van der Waals surface area contributed by atoms with Crippen molar-refractivity contribution in [3.8, 4) is 0 Å². The monoisotopic (exact) mass is 652 g/mol. The van der Waals surface area contributed by atoms with Gasteiger partial charge in [-0.15, -0.1) is 11.3 Å². The van der Waals surface area contributed by atoms with E-state index in [0.29, 0.717) is 12.3 Å². The fourth-order valence-corrected chi connectivity index (χ4v) is 9.31. The zero-order valence-corrected chi connectivity index (χ0v) is 28.0. The van der Waals surface area contributed by atoms with E-state index >= 15 is 0 Å². The first-order valence-corrected chi connectivity index (χ1v) is 18.4. The lowest BCUT2D eigenvalue weighted by atomic mass is 9.77. The van der Waals surface area contributed by atoms with Gasteiger partial charge in [-0.05, 0) is 128 Å². The number of aryl methyl sites for hydroxylation is 1. The van der Waals surface area contributed by atoms with E-state index in [0.717, 1.165) is 57.9 Å². The molecule has 46 heavy (non-hydrogen) atoms. The zero-order valence-electron chi connectivity index (χ0n) is 26.3. The second kappa shape index (κ2) is 15.4. The SMILES string of the molecule is O=C([O-])CCCCCc1c(C=C2C=C3C=C(C=C4Sc5ccccc5N4CCCCCC(=O)O)CCC3CC2)sc2ccccc12. The third-order valence-electron chi connectivity index (χ3n) is 9.31. The molecule has 0 radical (unpaired) electrons. The number of carboxylic acids is 2. The minimum atomic E-state index is -0.958. The largest absolute Gasteiger partial charge is 0.550 e. The summed E-state index contributed by atoms with van der Waals surface area (Å²) in [4.78, 5) is 26.8. The highest BCUT2D eigenvalue weighted by Gasteiger charge is 2.27. The number of carbonyl (C=O) groups excluding carboxylic acids is 1. The summed E-state index contributed by atoms with van der Waals surface area (Å²) in [7, 11) is 0. The number of nitrogens with zero attached hydrogens (tertiary/aromatic N) is 1. The van der Waals surface area contributed by atoms with Gasteiger partial charge in [0.15, 0.2) is 0 Å². The number of carbonyl (C=O) groups is 2. The lowest BCUT2D eigenvalue weighted by Gasteiger charge is -2.29. The number of hydrogen-bond acceptors (Lipinski definition) is 6. The number of unbranched alkanes of at least 4 members (excludes halogenated alkanes) is 4. The number of thioether (sulfide) groups is 1. The van der Waals surface area contributed by atoms with Gasteiger partial charge < -0.3 is 19.9 Å². The minimum absolute atomic E-state index is 0.139. The van der Waals surface area contributed by atoms with E-state index in [1.807, 2.05) is 23.1 Å². The summed E-state index contributed by atoms with van der Waals surface area (Å²) in [6.45, 7) is 0.898. The summed E-state index contributed by atoms with van der Waals surface area (Å²) in [5, 5.41) is 22.4. The normalized spacial score (nSPS) is 19.3. The lowest BCUT2D eigenvalue weighted by molar-refractivity contribution is -0.305. The van der Waals surface area contributed by atoms with Gasteiger partial charge in [0, 0.05) is 33.4 Å². The summed E-state index contributed by atoms with van der Waals surface area (Å²) in [5.74, 6) is -1.06. The summed E-state index contributed by atoms with van der Waals surface area (Å²) in [5.41, 5.74) is 6.88. The van der Waals surface area contributed by atoms with E-state index in [1.165, 1.54) is 65.7 Å². The molecule has 1 aromatic heterocycles. The van der Waals surface area contributed by atoms with E-state index < -0.39 is 11.9 Å². The molecule has 3 aliphatic rings. The average molecular weight is 653 g/mol. The fraction of sp³-hybridized carbons (Fsp3) is 0.385. The molecular weight excluding hydrogens is 611 g/mol. The molecule has 2 aromatic carbocycles. The highest BCUT2D eigenvalue weighted by Crippen LogP contribution is 2.47. The Morgan fingerprint density at radius 3 is 2.54 bits per heavy atom. The molecule has 7 heteroatoms. The summed E-state index contributed by atoms with van der Waals surface area (Å²) < 4.78 is 1.31. The number of hydrogen-bond donors (Lipinski definition) is 1. The molecule has 240 valence electrons. The topological polar surface area (TPSA) is 80.7 Å². The first-order valence-electron chi connectivity index (χ1n) is 16.8. The quantitative estimate of drug-likeness (QED) is 0.175. The van der Waals surface area contributed by atoms with Gasteiger partial charge in [0.1, 0.15) is 0 Å². The van der Waals surface area contributed by atoms with Gasteiger partial charge in [-0.1, -0.05) is 67.1 Å². The number of para-hydroxylation sites is 1. The van der Waals surface area contributed by atoms with E-state index in [9.17, 15) is 14.7 Å². The van der Waals surface area contributed by atoms with Crippen LogP contribution in [0.1, 0.15) is 87.5 Å². The molecule has 2 aliphatic carbocycles. The highest BCUT2D eigenvalue weighted by atomic mass is 32.2. The summed E-state index contributed by atoms with van der Waals surface area (Å²) >= 11 is 3.71. The van der Waals surface area contributed by atoms with Gasteiger partial charge in [-0.25, -0.2) is 0 Å². The van der Waals surface area contributed by atoms with Crippen molar-refractivity contribution in [3.63, 3.8) is 0 Å². The van der Waals surface area contributed by atoms with E-state index in [2.05, 4.69) is 77.7 Å². The number of fused-ring (bicyclic) bond motifs is 3. The van der Waals surface area contributed by atoms with E-state index in [1.54, 1.807) is 0 Å². The Bertz CT molecular complexity index is 1710. The van der Waals surface area contributed by atoms with Crippen molar-refractivity contribution in [2.24, 2.45) is 5.92 Å². The van der Waals surface area contributed by atoms with Crippen LogP contribution in [0.4, 0.5) is 5.69 Å². The van der Waals surface area contributed by atoms with E-state index in [4.69, 9.17) is 5.11 Å². The predicted molar refractivity (Wildman–Crippen MR) is 189 cm³/mol. The molecule has 2 heterocycles.